The molecular formula is C23H27IN2O4. The first kappa shape index (κ1) is 22.5. The molecule has 3 rings (SSSR count). The first-order chi connectivity index (χ1) is 14.1. The number of hydrogen-bond donors (Lipinski definition) is 1. The minimum absolute atomic E-state index is 0.0121. The van der Waals surface area contributed by atoms with Crippen LogP contribution in [0.2, 0.25) is 0 Å². The standard InChI is InChI=1S/C23H27IN2O4/c1-6-28-17-8-13(7-15(24)21(17)29-12(2)3)19-14(11-25)22(26)30-18-10-23(4,5)9-16(27)20(18)19/h7-8,12,19H,6,9-10,26H2,1-5H3/t19-/m1/s1. The summed E-state index contributed by atoms with van der Waals surface area (Å²) in [6, 6.07) is 5.94. The van der Waals surface area contributed by atoms with Gasteiger partial charge in [0.05, 0.1) is 22.2 Å². The van der Waals surface area contributed by atoms with Gasteiger partial charge < -0.3 is 19.9 Å². The van der Waals surface area contributed by atoms with Gasteiger partial charge in [-0.3, -0.25) is 4.79 Å². The third-order valence-corrected chi connectivity index (χ3v) is 5.90. The maximum absolute atomic E-state index is 13.1. The van der Waals surface area contributed by atoms with Gasteiger partial charge in [0.1, 0.15) is 17.4 Å². The highest BCUT2D eigenvalue weighted by Gasteiger charge is 2.43. The van der Waals surface area contributed by atoms with Crippen molar-refractivity contribution in [3.05, 3.63) is 44.1 Å². The highest BCUT2D eigenvalue weighted by Crippen LogP contribution is 2.49. The van der Waals surface area contributed by atoms with Crippen LogP contribution in [0, 0.1) is 20.3 Å². The summed E-state index contributed by atoms with van der Waals surface area (Å²) < 4.78 is 18.4. The van der Waals surface area contributed by atoms with E-state index in [4.69, 9.17) is 19.9 Å². The van der Waals surface area contributed by atoms with Gasteiger partial charge in [-0.15, -0.1) is 0 Å². The number of allylic oxidation sites excluding steroid dienone is 3. The normalized spacial score (nSPS) is 20.6. The summed E-state index contributed by atoms with van der Waals surface area (Å²) in [7, 11) is 0. The van der Waals surface area contributed by atoms with E-state index in [9.17, 15) is 10.1 Å². The van der Waals surface area contributed by atoms with Crippen LogP contribution in [0.25, 0.3) is 0 Å². The van der Waals surface area contributed by atoms with Crippen LogP contribution in [0.3, 0.4) is 0 Å². The van der Waals surface area contributed by atoms with Crippen molar-refractivity contribution >= 4 is 28.4 Å². The van der Waals surface area contributed by atoms with Crippen LogP contribution in [-0.2, 0) is 9.53 Å². The monoisotopic (exact) mass is 522 g/mol. The zero-order chi connectivity index (χ0) is 22.2. The number of benzene rings is 1. The molecular weight excluding hydrogens is 495 g/mol. The van der Waals surface area contributed by atoms with Crippen molar-refractivity contribution in [3.8, 4) is 17.6 Å². The van der Waals surface area contributed by atoms with Crippen LogP contribution in [0.4, 0.5) is 0 Å². The van der Waals surface area contributed by atoms with Gasteiger partial charge in [-0.1, -0.05) is 13.8 Å². The fourth-order valence-corrected chi connectivity index (χ4v) is 4.74. The predicted molar refractivity (Wildman–Crippen MR) is 122 cm³/mol. The fraction of sp³-hybridized carbons (Fsp3) is 0.478. The number of hydrogen-bond acceptors (Lipinski definition) is 6. The molecule has 0 bridgehead atoms. The zero-order valence-electron chi connectivity index (χ0n) is 18.0. The summed E-state index contributed by atoms with van der Waals surface area (Å²) in [5.74, 6) is 1.27. The molecule has 7 heteroatoms. The molecule has 1 aliphatic heterocycles. The van der Waals surface area contributed by atoms with Gasteiger partial charge >= 0.3 is 0 Å². The number of carbonyl (C=O) groups excluding carboxylic acids is 1. The summed E-state index contributed by atoms with van der Waals surface area (Å²) in [4.78, 5) is 13.1. The number of rotatable bonds is 5. The highest BCUT2D eigenvalue weighted by molar-refractivity contribution is 14.1. The number of ether oxygens (including phenoxy) is 3. The molecule has 1 heterocycles. The van der Waals surface area contributed by atoms with E-state index in [2.05, 4.69) is 28.7 Å². The van der Waals surface area contributed by atoms with Gasteiger partial charge in [-0.2, -0.15) is 5.26 Å². The summed E-state index contributed by atoms with van der Waals surface area (Å²) in [5.41, 5.74) is 7.44. The average molecular weight is 522 g/mol. The largest absolute Gasteiger partial charge is 0.490 e. The number of carbonyl (C=O) groups is 1. The van der Waals surface area contributed by atoms with E-state index in [0.29, 0.717) is 42.3 Å². The Labute approximate surface area is 191 Å². The molecule has 1 aliphatic carbocycles. The molecule has 0 radical (unpaired) electrons. The molecule has 30 heavy (non-hydrogen) atoms. The second-order valence-corrected chi connectivity index (χ2v) is 9.79. The molecule has 0 spiro atoms. The highest BCUT2D eigenvalue weighted by atomic mass is 127. The average Bonchev–Trinajstić information content (AvgIpc) is 2.62. The quantitative estimate of drug-likeness (QED) is 0.552. The molecule has 0 saturated carbocycles. The van der Waals surface area contributed by atoms with Gasteiger partial charge in [-0.05, 0) is 66.5 Å². The van der Waals surface area contributed by atoms with Crippen LogP contribution >= 0.6 is 22.6 Å². The lowest BCUT2D eigenvalue weighted by molar-refractivity contribution is -0.119. The zero-order valence-corrected chi connectivity index (χ0v) is 20.1. The van der Waals surface area contributed by atoms with Gasteiger partial charge in [-0.25, -0.2) is 0 Å². The minimum atomic E-state index is -0.580. The second-order valence-electron chi connectivity index (χ2n) is 8.63. The molecule has 6 nitrogen and oxygen atoms in total. The summed E-state index contributed by atoms with van der Waals surface area (Å²) >= 11 is 2.20. The summed E-state index contributed by atoms with van der Waals surface area (Å²) in [5, 5.41) is 9.83. The Morgan fingerprint density at radius 2 is 2.07 bits per heavy atom. The van der Waals surface area contributed by atoms with Crippen molar-refractivity contribution in [1.82, 2.24) is 0 Å². The Morgan fingerprint density at radius 3 is 2.67 bits per heavy atom. The molecule has 2 aliphatic rings. The summed E-state index contributed by atoms with van der Waals surface area (Å²) in [6.45, 7) is 10.3. The predicted octanol–water partition coefficient (Wildman–Crippen LogP) is 4.93. The molecule has 2 N–H and O–H groups in total. The van der Waals surface area contributed by atoms with Gasteiger partial charge in [0.25, 0.3) is 0 Å². The topological polar surface area (TPSA) is 94.6 Å². The molecule has 0 aromatic heterocycles. The van der Waals surface area contributed by atoms with Crippen LogP contribution in [0.5, 0.6) is 11.5 Å². The first-order valence-electron chi connectivity index (χ1n) is 10.0. The van der Waals surface area contributed by atoms with E-state index in [1.54, 1.807) is 0 Å². The molecule has 160 valence electrons. The molecule has 1 aromatic rings. The van der Waals surface area contributed by atoms with Crippen LogP contribution in [-0.4, -0.2) is 18.5 Å². The van der Waals surface area contributed by atoms with Crippen molar-refractivity contribution in [2.24, 2.45) is 11.1 Å². The number of nitrogens with zero attached hydrogens (tertiary/aromatic N) is 1. The molecule has 0 fully saturated rings. The third kappa shape index (κ3) is 4.29. The number of nitriles is 1. The molecule has 0 unspecified atom stereocenters. The lowest BCUT2D eigenvalue weighted by atomic mass is 9.70. The van der Waals surface area contributed by atoms with Crippen LogP contribution in [0.15, 0.2) is 34.9 Å². The molecule has 1 aromatic carbocycles. The second kappa shape index (κ2) is 8.50. The Balaban J connectivity index is 2.20. The third-order valence-electron chi connectivity index (χ3n) is 5.09. The first-order valence-corrected chi connectivity index (χ1v) is 11.1. The van der Waals surface area contributed by atoms with Crippen molar-refractivity contribution < 1.29 is 19.0 Å². The maximum atomic E-state index is 13.1. The number of ketones is 1. The molecule has 0 amide bonds. The van der Waals surface area contributed by atoms with Gasteiger partial charge in [0.2, 0.25) is 5.88 Å². The van der Waals surface area contributed by atoms with Gasteiger partial charge in [0, 0.05) is 18.4 Å². The van der Waals surface area contributed by atoms with Crippen LogP contribution in [0.1, 0.15) is 58.9 Å². The van der Waals surface area contributed by atoms with E-state index in [1.165, 1.54) is 0 Å². The number of nitrogens with two attached hydrogens (primary N) is 1. The smallest absolute Gasteiger partial charge is 0.205 e. The molecule has 1 atom stereocenters. The maximum Gasteiger partial charge on any atom is 0.205 e. The van der Waals surface area contributed by atoms with E-state index in [0.717, 1.165) is 9.13 Å². The SMILES string of the molecule is CCOc1cc([C@@H]2C(C#N)=C(N)OC3=C2C(=O)CC(C)(C)C3)cc(I)c1OC(C)C. The summed E-state index contributed by atoms with van der Waals surface area (Å²) in [6.07, 6.45) is 0.968. The van der Waals surface area contributed by atoms with E-state index in [-0.39, 0.29) is 28.8 Å². The van der Waals surface area contributed by atoms with Crippen molar-refractivity contribution in [2.45, 2.75) is 59.5 Å². The minimum Gasteiger partial charge on any atom is -0.490 e. The van der Waals surface area contributed by atoms with Crippen molar-refractivity contribution in [3.63, 3.8) is 0 Å². The Kier molecular flexibility index (Phi) is 6.37. The van der Waals surface area contributed by atoms with Crippen molar-refractivity contribution in [1.29, 1.82) is 5.26 Å². The molecule has 0 saturated heterocycles. The lowest BCUT2D eigenvalue weighted by Crippen LogP contribution is -2.33. The Bertz CT molecular complexity index is 986. The van der Waals surface area contributed by atoms with E-state index < -0.39 is 5.92 Å². The van der Waals surface area contributed by atoms with Crippen molar-refractivity contribution in [2.75, 3.05) is 6.61 Å². The number of halogens is 1. The van der Waals surface area contributed by atoms with Gasteiger partial charge in [0.15, 0.2) is 17.3 Å². The Morgan fingerprint density at radius 1 is 1.37 bits per heavy atom. The van der Waals surface area contributed by atoms with E-state index in [1.807, 2.05) is 46.8 Å². The fourth-order valence-electron chi connectivity index (χ4n) is 3.99. The number of Topliss-reactive ketones (excluding diaryl/α,β-unsaturated/α-hetero) is 1. The van der Waals surface area contributed by atoms with Crippen LogP contribution < -0.4 is 15.2 Å². The van der Waals surface area contributed by atoms with E-state index >= 15 is 0 Å². The Hall–Kier alpha value is -2.21. The lowest BCUT2D eigenvalue weighted by Gasteiger charge is -2.37.